The minimum atomic E-state index is -3.22. The molecule has 0 radical (unpaired) electrons. The molecule has 7 nitrogen and oxygen atoms in total. The monoisotopic (exact) mass is 497 g/mol. The summed E-state index contributed by atoms with van der Waals surface area (Å²) in [6, 6.07) is 14.2. The van der Waals surface area contributed by atoms with Gasteiger partial charge in [0.25, 0.3) is 5.56 Å². The Kier molecular flexibility index (Phi) is 5.78. The van der Waals surface area contributed by atoms with Crippen LogP contribution < -0.4 is 10.5 Å². The normalized spacial score (nSPS) is 17.1. The molecule has 1 saturated heterocycles. The van der Waals surface area contributed by atoms with E-state index in [9.17, 15) is 22.4 Å². The zero-order valence-corrected chi connectivity index (χ0v) is 19.6. The molecule has 1 fully saturated rings. The molecule has 10 heteroatoms. The number of anilines is 1. The van der Waals surface area contributed by atoms with Crippen molar-refractivity contribution in [3.05, 3.63) is 82.5 Å². The number of hydrogen-bond acceptors (Lipinski definition) is 6. The quantitative estimate of drug-likeness (QED) is 0.421. The average Bonchev–Trinajstić information content (AvgIpc) is 3.41. The van der Waals surface area contributed by atoms with Crippen LogP contribution in [0, 0.1) is 5.82 Å². The molecular weight excluding hydrogens is 477 g/mol. The first-order valence-electron chi connectivity index (χ1n) is 10.6. The molecule has 174 valence electrons. The smallest absolute Gasteiger partial charge is 0.263 e. The Morgan fingerprint density at radius 2 is 1.88 bits per heavy atom. The number of benzene rings is 2. The summed E-state index contributed by atoms with van der Waals surface area (Å²) in [5.74, 6) is -0.856. The standard InChI is InChI=1S/C24H20FN3O4S2/c25-17-8-6-16(7-9-17)20-13-33-23-22(20)24(30)27(15-26-23)12-21(29)28(18-4-2-1-3-5-18)19-10-11-34(31,32)14-19/h1-9,13,15,19H,10-12,14H2. The summed E-state index contributed by atoms with van der Waals surface area (Å²) in [6.45, 7) is -0.286. The van der Waals surface area contributed by atoms with Crippen molar-refractivity contribution in [1.82, 2.24) is 9.55 Å². The lowest BCUT2D eigenvalue weighted by Crippen LogP contribution is -2.44. The van der Waals surface area contributed by atoms with Crippen LogP contribution in [0.1, 0.15) is 6.42 Å². The molecule has 0 saturated carbocycles. The van der Waals surface area contributed by atoms with Gasteiger partial charge in [-0.1, -0.05) is 30.3 Å². The molecule has 5 rings (SSSR count). The van der Waals surface area contributed by atoms with Crippen molar-refractivity contribution >= 4 is 43.0 Å². The van der Waals surface area contributed by atoms with Crippen LogP contribution in [0.5, 0.6) is 0 Å². The van der Waals surface area contributed by atoms with E-state index in [1.165, 1.54) is 39.3 Å². The third-order valence-corrected chi connectivity index (χ3v) is 8.53. The minimum Gasteiger partial charge on any atom is -0.307 e. The Labute approximate surface area is 199 Å². The van der Waals surface area contributed by atoms with Gasteiger partial charge >= 0.3 is 0 Å². The van der Waals surface area contributed by atoms with Crippen LogP contribution in [0.15, 0.2) is 71.1 Å². The second kappa shape index (κ2) is 8.77. The van der Waals surface area contributed by atoms with Crippen molar-refractivity contribution in [3.63, 3.8) is 0 Å². The van der Waals surface area contributed by atoms with Crippen LogP contribution >= 0.6 is 11.3 Å². The van der Waals surface area contributed by atoms with Crippen molar-refractivity contribution in [2.75, 3.05) is 16.4 Å². The van der Waals surface area contributed by atoms with Gasteiger partial charge in [0.05, 0.1) is 29.3 Å². The van der Waals surface area contributed by atoms with E-state index in [1.54, 1.807) is 41.8 Å². The summed E-state index contributed by atoms with van der Waals surface area (Å²) >= 11 is 1.30. The predicted octanol–water partition coefficient (Wildman–Crippen LogP) is 3.48. The topological polar surface area (TPSA) is 89.3 Å². The number of nitrogens with zero attached hydrogens (tertiary/aromatic N) is 3. The van der Waals surface area contributed by atoms with Gasteiger partial charge in [-0.2, -0.15) is 0 Å². The summed E-state index contributed by atoms with van der Waals surface area (Å²) in [7, 11) is -3.22. The van der Waals surface area contributed by atoms with Gasteiger partial charge in [0.1, 0.15) is 17.2 Å². The van der Waals surface area contributed by atoms with E-state index in [1.807, 2.05) is 6.07 Å². The number of hydrogen-bond donors (Lipinski definition) is 0. The molecule has 0 spiro atoms. The van der Waals surface area contributed by atoms with Gasteiger partial charge in [-0.15, -0.1) is 11.3 Å². The SMILES string of the molecule is O=C(Cn1cnc2scc(-c3ccc(F)cc3)c2c1=O)N(c1ccccc1)C1CCS(=O)(=O)C1. The molecular formula is C24H20FN3O4S2. The number of halogens is 1. The lowest BCUT2D eigenvalue weighted by atomic mass is 10.1. The molecule has 1 amide bonds. The lowest BCUT2D eigenvalue weighted by Gasteiger charge is -2.28. The number of aromatic nitrogens is 2. The second-order valence-electron chi connectivity index (χ2n) is 8.17. The van der Waals surface area contributed by atoms with Gasteiger partial charge in [0.15, 0.2) is 9.84 Å². The highest BCUT2D eigenvalue weighted by Crippen LogP contribution is 2.31. The van der Waals surface area contributed by atoms with E-state index in [0.29, 0.717) is 33.5 Å². The Balaban J connectivity index is 1.52. The Morgan fingerprint density at radius 3 is 2.56 bits per heavy atom. The van der Waals surface area contributed by atoms with E-state index in [-0.39, 0.29) is 29.4 Å². The first-order valence-corrected chi connectivity index (χ1v) is 13.3. The minimum absolute atomic E-state index is 0.0255. The van der Waals surface area contributed by atoms with E-state index in [0.717, 1.165) is 0 Å². The maximum atomic E-state index is 13.4. The Hall–Kier alpha value is -3.37. The number of amides is 1. The largest absolute Gasteiger partial charge is 0.307 e. The molecule has 2 aromatic heterocycles. The number of sulfone groups is 1. The summed E-state index contributed by atoms with van der Waals surface area (Å²) in [5, 5.41) is 2.15. The fourth-order valence-electron chi connectivity index (χ4n) is 4.27. The molecule has 1 unspecified atom stereocenters. The maximum Gasteiger partial charge on any atom is 0.263 e. The molecule has 4 aromatic rings. The van der Waals surface area contributed by atoms with Crippen LogP contribution in [0.4, 0.5) is 10.1 Å². The van der Waals surface area contributed by atoms with Gasteiger partial charge < -0.3 is 4.90 Å². The van der Waals surface area contributed by atoms with E-state index in [4.69, 9.17) is 0 Å². The van der Waals surface area contributed by atoms with E-state index in [2.05, 4.69) is 4.98 Å². The molecule has 0 N–H and O–H groups in total. The zero-order valence-electron chi connectivity index (χ0n) is 17.9. The van der Waals surface area contributed by atoms with Crippen LogP contribution in [-0.4, -0.2) is 41.4 Å². The van der Waals surface area contributed by atoms with Crippen LogP contribution in [0.25, 0.3) is 21.3 Å². The molecule has 1 atom stereocenters. The van der Waals surface area contributed by atoms with Gasteiger partial charge in [-0.3, -0.25) is 14.2 Å². The van der Waals surface area contributed by atoms with Crippen LogP contribution in [-0.2, 0) is 21.2 Å². The van der Waals surface area contributed by atoms with Crippen molar-refractivity contribution in [3.8, 4) is 11.1 Å². The van der Waals surface area contributed by atoms with E-state index < -0.39 is 21.8 Å². The number of fused-ring (bicyclic) bond motifs is 1. The summed E-state index contributed by atoms with van der Waals surface area (Å²) in [6.07, 6.45) is 1.68. The number of thiophene rings is 1. The maximum absolute atomic E-state index is 13.4. The fraction of sp³-hybridized carbons (Fsp3) is 0.208. The van der Waals surface area contributed by atoms with Crippen molar-refractivity contribution < 1.29 is 17.6 Å². The second-order valence-corrected chi connectivity index (χ2v) is 11.3. The molecule has 3 heterocycles. The first-order chi connectivity index (χ1) is 16.3. The highest BCUT2D eigenvalue weighted by Gasteiger charge is 2.35. The number of rotatable bonds is 5. The molecule has 0 bridgehead atoms. The molecule has 1 aliphatic rings. The van der Waals surface area contributed by atoms with Gasteiger partial charge in [0.2, 0.25) is 5.91 Å². The van der Waals surface area contributed by atoms with Crippen LogP contribution in [0.2, 0.25) is 0 Å². The highest BCUT2D eigenvalue weighted by molar-refractivity contribution is 7.91. The molecule has 1 aliphatic heterocycles. The number of para-hydroxylation sites is 1. The van der Waals surface area contributed by atoms with Gasteiger partial charge in [-0.05, 0) is 36.2 Å². The lowest BCUT2D eigenvalue weighted by molar-refractivity contribution is -0.119. The summed E-state index contributed by atoms with van der Waals surface area (Å²) in [5.41, 5.74) is 1.50. The van der Waals surface area contributed by atoms with E-state index >= 15 is 0 Å². The van der Waals surface area contributed by atoms with Crippen molar-refractivity contribution in [1.29, 1.82) is 0 Å². The zero-order chi connectivity index (χ0) is 23.9. The van der Waals surface area contributed by atoms with Crippen molar-refractivity contribution in [2.24, 2.45) is 0 Å². The summed E-state index contributed by atoms with van der Waals surface area (Å²) < 4.78 is 38.8. The Bertz CT molecular complexity index is 1530. The predicted molar refractivity (Wildman–Crippen MR) is 130 cm³/mol. The third-order valence-electron chi connectivity index (χ3n) is 5.90. The third kappa shape index (κ3) is 4.26. The first kappa shape index (κ1) is 22.4. The van der Waals surface area contributed by atoms with Crippen molar-refractivity contribution in [2.45, 2.75) is 19.0 Å². The highest BCUT2D eigenvalue weighted by atomic mass is 32.2. The van der Waals surface area contributed by atoms with Gasteiger partial charge in [0, 0.05) is 16.6 Å². The van der Waals surface area contributed by atoms with Crippen LogP contribution in [0.3, 0.4) is 0 Å². The Morgan fingerprint density at radius 1 is 1.15 bits per heavy atom. The summed E-state index contributed by atoms with van der Waals surface area (Å²) in [4.78, 5) is 33.2. The molecule has 34 heavy (non-hydrogen) atoms. The van der Waals surface area contributed by atoms with Gasteiger partial charge in [-0.25, -0.2) is 17.8 Å². The number of carbonyl (C=O) groups excluding carboxylic acids is 1. The fourth-order valence-corrected chi connectivity index (χ4v) is 6.88. The average molecular weight is 498 g/mol. The molecule has 0 aliphatic carbocycles. The number of carbonyl (C=O) groups is 1. The molecule has 2 aromatic carbocycles.